The molecule has 0 fully saturated rings. The Kier molecular flexibility index (Phi) is 7.37. The van der Waals surface area contributed by atoms with Crippen molar-refractivity contribution in [2.24, 2.45) is 0 Å². The summed E-state index contributed by atoms with van der Waals surface area (Å²) in [4.78, 5) is 34.7. The van der Waals surface area contributed by atoms with Gasteiger partial charge in [0.2, 0.25) is 11.8 Å². The standard InChI is InChI=1S/C20H21ClN2O4/c1-13(24)23-18(15-5-7-17(21)8-6-15)12-19(25)22-10-9-14-3-2-4-16(11-14)20(26)27/h2-8,11,18H,9-10,12H2,1H3,(H,22,25)(H,23,24)(H,26,27). The summed E-state index contributed by atoms with van der Waals surface area (Å²) in [5.74, 6) is -1.42. The summed E-state index contributed by atoms with van der Waals surface area (Å²) in [6.07, 6.45) is 0.606. The molecule has 3 N–H and O–H groups in total. The van der Waals surface area contributed by atoms with Crippen LogP contribution in [0.15, 0.2) is 48.5 Å². The van der Waals surface area contributed by atoms with Gasteiger partial charge in [0.1, 0.15) is 0 Å². The lowest BCUT2D eigenvalue weighted by atomic mass is 10.0. The van der Waals surface area contributed by atoms with E-state index in [2.05, 4.69) is 10.6 Å². The number of carboxylic acid groups (broad SMARTS) is 1. The van der Waals surface area contributed by atoms with Gasteiger partial charge in [-0.25, -0.2) is 4.79 Å². The molecule has 0 aliphatic carbocycles. The fourth-order valence-electron chi connectivity index (χ4n) is 2.66. The van der Waals surface area contributed by atoms with Crippen molar-refractivity contribution < 1.29 is 19.5 Å². The summed E-state index contributed by atoms with van der Waals surface area (Å²) >= 11 is 5.88. The molecule has 0 aliphatic rings. The van der Waals surface area contributed by atoms with E-state index >= 15 is 0 Å². The van der Waals surface area contributed by atoms with Crippen molar-refractivity contribution in [3.05, 3.63) is 70.2 Å². The summed E-state index contributed by atoms with van der Waals surface area (Å²) in [5.41, 5.74) is 1.83. The van der Waals surface area contributed by atoms with E-state index in [4.69, 9.17) is 16.7 Å². The van der Waals surface area contributed by atoms with Gasteiger partial charge in [0, 0.05) is 18.5 Å². The Hall–Kier alpha value is -2.86. The van der Waals surface area contributed by atoms with Crippen molar-refractivity contribution in [3.63, 3.8) is 0 Å². The highest BCUT2D eigenvalue weighted by molar-refractivity contribution is 6.30. The van der Waals surface area contributed by atoms with Gasteiger partial charge in [0.25, 0.3) is 0 Å². The van der Waals surface area contributed by atoms with Crippen LogP contribution in [0.3, 0.4) is 0 Å². The molecule has 2 amide bonds. The van der Waals surface area contributed by atoms with Crippen molar-refractivity contribution in [3.8, 4) is 0 Å². The number of amides is 2. The second kappa shape index (κ2) is 9.73. The minimum absolute atomic E-state index is 0.0936. The van der Waals surface area contributed by atoms with E-state index in [1.54, 1.807) is 36.4 Å². The molecule has 0 aromatic heterocycles. The zero-order chi connectivity index (χ0) is 19.8. The number of rotatable bonds is 8. The molecule has 1 unspecified atom stereocenters. The van der Waals surface area contributed by atoms with Crippen LogP contribution in [0.1, 0.15) is 40.9 Å². The smallest absolute Gasteiger partial charge is 0.335 e. The molecule has 0 saturated carbocycles. The maximum absolute atomic E-state index is 12.3. The van der Waals surface area contributed by atoms with Gasteiger partial charge in [-0.05, 0) is 41.8 Å². The molecule has 6 nitrogen and oxygen atoms in total. The number of nitrogens with one attached hydrogen (secondary N) is 2. The van der Waals surface area contributed by atoms with Crippen LogP contribution in [-0.2, 0) is 16.0 Å². The molecule has 1 atom stereocenters. The Morgan fingerprint density at radius 2 is 1.81 bits per heavy atom. The van der Waals surface area contributed by atoms with Crippen LogP contribution in [0.2, 0.25) is 5.02 Å². The third-order valence-electron chi connectivity index (χ3n) is 3.95. The summed E-state index contributed by atoms with van der Waals surface area (Å²) < 4.78 is 0. The number of carbonyl (C=O) groups is 3. The molecular weight excluding hydrogens is 368 g/mol. The topological polar surface area (TPSA) is 95.5 Å². The van der Waals surface area contributed by atoms with Crippen LogP contribution in [0.5, 0.6) is 0 Å². The molecule has 2 aromatic rings. The fraction of sp³-hybridized carbons (Fsp3) is 0.250. The highest BCUT2D eigenvalue weighted by Gasteiger charge is 2.17. The van der Waals surface area contributed by atoms with Crippen molar-refractivity contribution in [1.29, 1.82) is 0 Å². The third-order valence-corrected chi connectivity index (χ3v) is 4.20. The predicted molar refractivity (Wildman–Crippen MR) is 103 cm³/mol. The van der Waals surface area contributed by atoms with E-state index in [0.717, 1.165) is 11.1 Å². The quantitative estimate of drug-likeness (QED) is 0.647. The number of halogens is 1. The highest BCUT2D eigenvalue weighted by atomic mass is 35.5. The summed E-state index contributed by atoms with van der Waals surface area (Å²) in [6.45, 7) is 1.77. The number of hydrogen-bond donors (Lipinski definition) is 3. The maximum Gasteiger partial charge on any atom is 0.335 e. The first-order valence-corrected chi connectivity index (χ1v) is 8.84. The van der Waals surface area contributed by atoms with E-state index in [1.165, 1.54) is 13.0 Å². The Labute approximate surface area is 162 Å². The van der Waals surface area contributed by atoms with Crippen LogP contribution in [-0.4, -0.2) is 29.4 Å². The van der Waals surface area contributed by atoms with Crippen molar-refractivity contribution in [2.45, 2.75) is 25.8 Å². The average molecular weight is 389 g/mol. The van der Waals surface area contributed by atoms with Crippen molar-refractivity contribution in [2.75, 3.05) is 6.54 Å². The Bertz CT molecular complexity index is 821. The minimum atomic E-state index is -0.984. The average Bonchev–Trinajstić information content (AvgIpc) is 2.61. The summed E-state index contributed by atoms with van der Waals surface area (Å²) in [7, 11) is 0. The first-order valence-electron chi connectivity index (χ1n) is 8.46. The summed E-state index contributed by atoms with van der Waals surface area (Å²) in [5, 5.41) is 15.2. The van der Waals surface area contributed by atoms with Crippen molar-refractivity contribution >= 4 is 29.4 Å². The normalized spacial score (nSPS) is 11.5. The van der Waals surface area contributed by atoms with E-state index in [-0.39, 0.29) is 23.8 Å². The zero-order valence-corrected chi connectivity index (χ0v) is 15.6. The fourth-order valence-corrected chi connectivity index (χ4v) is 2.78. The van der Waals surface area contributed by atoms with E-state index < -0.39 is 12.0 Å². The monoisotopic (exact) mass is 388 g/mol. The Balaban J connectivity index is 1.91. The minimum Gasteiger partial charge on any atom is -0.478 e. The van der Waals surface area contributed by atoms with Gasteiger partial charge < -0.3 is 15.7 Å². The first-order chi connectivity index (χ1) is 12.8. The van der Waals surface area contributed by atoms with E-state index in [9.17, 15) is 14.4 Å². The number of carboxylic acids is 1. The molecule has 0 radical (unpaired) electrons. The van der Waals surface area contributed by atoms with Gasteiger partial charge in [0.15, 0.2) is 0 Å². The molecule has 2 rings (SSSR count). The van der Waals surface area contributed by atoms with Crippen LogP contribution in [0.25, 0.3) is 0 Å². The number of carbonyl (C=O) groups excluding carboxylic acids is 2. The molecule has 0 saturated heterocycles. The molecular formula is C20H21ClN2O4. The van der Waals surface area contributed by atoms with Gasteiger partial charge in [0.05, 0.1) is 18.0 Å². The summed E-state index contributed by atoms with van der Waals surface area (Å²) in [6, 6.07) is 13.1. The van der Waals surface area contributed by atoms with Gasteiger partial charge in [-0.2, -0.15) is 0 Å². The lowest BCUT2D eigenvalue weighted by Gasteiger charge is -2.18. The number of hydrogen-bond acceptors (Lipinski definition) is 3. The number of aromatic carboxylic acids is 1. The highest BCUT2D eigenvalue weighted by Crippen LogP contribution is 2.19. The predicted octanol–water partition coefficient (Wildman–Crippen LogP) is 2.96. The Morgan fingerprint density at radius 3 is 2.44 bits per heavy atom. The van der Waals surface area contributed by atoms with Crippen LogP contribution < -0.4 is 10.6 Å². The molecule has 0 aliphatic heterocycles. The molecule has 0 heterocycles. The van der Waals surface area contributed by atoms with E-state index in [1.807, 2.05) is 6.07 Å². The van der Waals surface area contributed by atoms with Gasteiger partial charge >= 0.3 is 5.97 Å². The number of benzene rings is 2. The van der Waals surface area contributed by atoms with Gasteiger partial charge in [-0.3, -0.25) is 9.59 Å². The molecule has 2 aromatic carbocycles. The zero-order valence-electron chi connectivity index (χ0n) is 14.9. The third kappa shape index (κ3) is 6.75. The molecule has 142 valence electrons. The van der Waals surface area contributed by atoms with Gasteiger partial charge in [-0.1, -0.05) is 35.9 Å². The van der Waals surface area contributed by atoms with Crippen molar-refractivity contribution in [1.82, 2.24) is 10.6 Å². The second-order valence-corrected chi connectivity index (χ2v) is 6.55. The SMILES string of the molecule is CC(=O)NC(CC(=O)NCCc1cccc(C(=O)O)c1)c1ccc(Cl)cc1. The molecule has 0 bridgehead atoms. The van der Waals surface area contributed by atoms with Crippen LogP contribution >= 0.6 is 11.6 Å². The second-order valence-electron chi connectivity index (χ2n) is 6.11. The lowest BCUT2D eigenvalue weighted by Crippen LogP contribution is -2.33. The van der Waals surface area contributed by atoms with E-state index in [0.29, 0.717) is 18.0 Å². The largest absolute Gasteiger partial charge is 0.478 e. The Morgan fingerprint density at radius 1 is 1.11 bits per heavy atom. The molecule has 0 spiro atoms. The maximum atomic E-state index is 12.3. The van der Waals surface area contributed by atoms with Crippen LogP contribution in [0.4, 0.5) is 0 Å². The van der Waals surface area contributed by atoms with Crippen LogP contribution in [0, 0.1) is 0 Å². The molecule has 27 heavy (non-hydrogen) atoms. The first kappa shape index (κ1) is 20.5. The lowest BCUT2D eigenvalue weighted by molar-refractivity contribution is -0.122. The van der Waals surface area contributed by atoms with Gasteiger partial charge in [-0.15, -0.1) is 0 Å². The molecule has 7 heteroatoms.